The number of halogens is 1. The summed E-state index contributed by atoms with van der Waals surface area (Å²) in [5.41, 5.74) is 3.22. The molecular formula is C21H20BrN3O2S. The molecule has 0 saturated carbocycles. The Balaban J connectivity index is 1.76. The summed E-state index contributed by atoms with van der Waals surface area (Å²) in [6.45, 7) is 6.05. The van der Waals surface area contributed by atoms with Gasteiger partial charge in [-0.3, -0.25) is 9.59 Å². The second kappa shape index (κ2) is 8.06. The number of nitriles is 1. The highest BCUT2D eigenvalue weighted by Gasteiger charge is 2.32. The maximum absolute atomic E-state index is 12.4. The lowest BCUT2D eigenvalue weighted by atomic mass is 9.75. The van der Waals surface area contributed by atoms with E-state index in [1.165, 1.54) is 11.8 Å². The van der Waals surface area contributed by atoms with Crippen molar-refractivity contribution in [2.24, 2.45) is 5.41 Å². The Morgan fingerprint density at radius 3 is 2.79 bits per heavy atom. The van der Waals surface area contributed by atoms with Crippen molar-refractivity contribution in [2.45, 2.75) is 38.6 Å². The molecule has 5 nitrogen and oxygen atoms in total. The SMILES string of the molecule is Cc1ccc(NC(=O)CSc2nc3c(cc2C#N)C(=O)CC(C)(C)C3)c(Br)c1. The zero-order valence-electron chi connectivity index (χ0n) is 15.9. The molecule has 0 unspecified atom stereocenters. The summed E-state index contributed by atoms with van der Waals surface area (Å²) in [4.78, 5) is 29.3. The van der Waals surface area contributed by atoms with Crippen molar-refractivity contribution in [1.82, 2.24) is 4.98 Å². The summed E-state index contributed by atoms with van der Waals surface area (Å²) in [5, 5.41) is 12.8. The van der Waals surface area contributed by atoms with Gasteiger partial charge in [-0.15, -0.1) is 0 Å². The molecule has 7 heteroatoms. The Morgan fingerprint density at radius 2 is 2.11 bits per heavy atom. The van der Waals surface area contributed by atoms with Crippen LogP contribution in [0.25, 0.3) is 0 Å². The second-order valence-corrected chi connectivity index (χ2v) is 9.53. The lowest BCUT2D eigenvalue weighted by Crippen LogP contribution is -2.28. The fraction of sp³-hybridized carbons (Fsp3) is 0.333. The molecule has 0 spiro atoms. The number of carbonyl (C=O) groups excluding carboxylic acids is 2. The van der Waals surface area contributed by atoms with E-state index in [2.05, 4.69) is 32.3 Å². The molecule has 0 radical (unpaired) electrons. The Hall–Kier alpha value is -2.17. The molecule has 1 aromatic carbocycles. The van der Waals surface area contributed by atoms with Gasteiger partial charge in [-0.05, 0) is 58.5 Å². The minimum Gasteiger partial charge on any atom is -0.324 e. The van der Waals surface area contributed by atoms with Crippen molar-refractivity contribution in [1.29, 1.82) is 5.26 Å². The van der Waals surface area contributed by atoms with Gasteiger partial charge in [0.25, 0.3) is 0 Å². The van der Waals surface area contributed by atoms with Gasteiger partial charge >= 0.3 is 0 Å². The summed E-state index contributed by atoms with van der Waals surface area (Å²) in [7, 11) is 0. The number of anilines is 1. The first kappa shape index (κ1) is 20.6. The van der Waals surface area contributed by atoms with Crippen LogP contribution in [-0.4, -0.2) is 22.4 Å². The molecule has 0 aliphatic heterocycles. The van der Waals surface area contributed by atoms with Crippen molar-refractivity contribution in [3.05, 3.63) is 51.1 Å². The van der Waals surface area contributed by atoms with Crippen LogP contribution in [0.2, 0.25) is 0 Å². The van der Waals surface area contributed by atoms with Crippen LogP contribution in [0.15, 0.2) is 33.8 Å². The number of ketones is 1. The van der Waals surface area contributed by atoms with Crippen molar-refractivity contribution in [3.8, 4) is 6.07 Å². The first-order chi connectivity index (χ1) is 13.2. The number of aromatic nitrogens is 1. The molecule has 1 amide bonds. The molecule has 1 aliphatic carbocycles. The van der Waals surface area contributed by atoms with E-state index in [1.54, 1.807) is 6.07 Å². The fourth-order valence-corrected chi connectivity index (χ4v) is 4.55. The summed E-state index contributed by atoms with van der Waals surface area (Å²) in [6, 6.07) is 9.42. The van der Waals surface area contributed by atoms with E-state index < -0.39 is 0 Å². The number of pyridine rings is 1. The lowest BCUT2D eigenvalue weighted by molar-refractivity contribution is -0.113. The van der Waals surface area contributed by atoms with Crippen LogP contribution in [0.3, 0.4) is 0 Å². The highest BCUT2D eigenvalue weighted by Crippen LogP contribution is 2.36. The maximum atomic E-state index is 12.4. The normalized spacial score (nSPS) is 14.9. The predicted octanol–water partition coefficient (Wildman–Crippen LogP) is 4.91. The zero-order chi connectivity index (χ0) is 20.5. The summed E-state index contributed by atoms with van der Waals surface area (Å²) in [5.74, 6) is -0.0406. The van der Waals surface area contributed by atoms with Crippen LogP contribution in [0.4, 0.5) is 5.69 Å². The standard InChI is InChI=1S/C21H20BrN3O2S/c1-12-4-5-16(15(22)6-12)24-19(27)11-28-20-13(10-23)7-14-17(25-20)8-21(2,3)9-18(14)26/h4-7H,8-9,11H2,1-3H3,(H,24,27). The number of Topliss-reactive ketones (excluding diaryl/α,β-unsaturated/α-hetero) is 1. The van der Waals surface area contributed by atoms with E-state index in [1.807, 2.05) is 39.0 Å². The molecule has 0 fully saturated rings. The number of nitrogens with one attached hydrogen (secondary N) is 1. The molecule has 1 heterocycles. The van der Waals surface area contributed by atoms with Crippen molar-refractivity contribution in [2.75, 3.05) is 11.1 Å². The monoisotopic (exact) mass is 457 g/mol. The second-order valence-electron chi connectivity index (χ2n) is 7.71. The van der Waals surface area contributed by atoms with Gasteiger partial charge in [0, 0.05) is 16.5 Å². The molecule has 1 N–H and O–H groups in total. The number of nitrogens with zero attached hydrogens (tertiary/aromatic N) is 2. The summed E-state index contributed by atoms with van der Waals surface area (Å²) >= 11 is 4.65. The molecule has 0 saturated heterocycles. The van der Waals surface area contributed by atoms with Crippen LogP contribution in [0.5, 0.6) is 0 Å². The number of benzene rings is 1. The van der Waals surface area contributed by atoms with Gasteiger partial charge in [0.15, 0.2) is 5.78 Å². The zero-order valence-corrected chi connectivity index (χ0v) is 18.3. The molecular weight excluding hydrogens is 438 g/mol. The first-order valence-electron chi connectivity index (χ1n) is 8.84. The average Bonchev–Trinajstić information content (AvgIpc) is 2.60. The van der Waals surface area contributed by atoms with Gasteiger partial charge in [-0.25, -0.2) is 4.98 Å². The number of hydrogen-bond donors (Lipinski definition) is 1. The van der Waals surface area contributed by atoms with Crippen molar-refractivity contribution in [3.63, 3.8) is 0 Å². The van der Waals surface area contributed by atoms with E-state index in [-0.39, 0.29) is 22.9 Å². The Bertz CT molecular complexity index is 1010. The summed E-state index contributed by atoms with van der Waals surface area (Å²) < 4.78 is 0.816. The van der Waals surface area contributed by atoms with Crippen LogP contribution < -0.4 is 5.32 Å². The molecule has 1 aliphatic rings. The largest absolute Gasteiger partial charge is 0.324 e. The van der Waals surface area contributed by atoms with E-state index in [0.717, 1.165) is 10.0 Å². The molecule has 144 valence electrons. The van der Waals surface area contributed by atoms with Crippen LogP contribution in [-0.2, 0) is 11.2 Å². The van der Waals surface area contributed by atoms with Crippen LogP contribution in [0.1, 0.15) is 47.4 Å². The van der Waals surface area contributed by atoms with Gasteiger partial charge in [0.2, 0.25) is 5.91 Å². The number of aryl methyl sites for hydroxylation is 1. The summed E-state index contributed by atoms with van der Waals surface area (Å²) in [6.07, 6.45) is 1.13. The fourth-order valence-electron chi connectivity index (χ4n) is 3.19. The first-order valence-corrected chi connectivity index (χ1v) is 10.6. The van der Waals surface area contributed by atoms with Gasteiger partial charge < -0.3 is 5.32 Å². The van der Waals surface area contributed by atoms with Gasteiger partial charge in [-0.2, -0.15) is 5.26 Å². The highest BCUT2D eigenvalue weighted by molar-refractivity contribution is 9.10. The lowest BCUT2D eigenvalue weighted by Gasteiger charge is -2.29. The number of fused-ring (bicyclic) bond motifs is 1. The number of amides is 1. The number of hydrogen-bond acceptors (Lipinski definition) is 5. The predicted molar refractivity (Wildman–Crippen MR) is 114 cm³/mol. The van der Waals surface area contributed by atoms with Gasteiger partial charge in [0.05, 0.1) is 22.7 Å². The van der Waals surface area contributed by atoms with Crippen molar-refractivity contribution < 1.29 is 9.59 Å². The maximum Gasteiger partial charge on any atom is 0.234 e. The third-order valence-electron chi connectivity index (χ3n) is 4.51. The molecule has 0 bridgehead atoms. The number of thioether (sulfide) groups is 1. The van der Waals surface area contributed by atoms with E-state index in [9.17, 15) is 14.9 Å². The molecule has 3 rings (SSSR count). The van der Waals surface area contributed by atoms with Gasteiger partial charge in [-0.1, -0.05) is 31.7 Å². The molecule has 0 atom stereocenters. The Labute approximate surface area is 177 Å². The smallest absolute Gasteiger partial charge is 0.234 e. The topological polar surface area (TPSA) is 82.8 Å². The third kappa shape index (κ3) is 4.62. The van der Waals surface area contributed by atoms with E-state index in [4.69, 9.17) is 0 Å². The average molecular weight is 458 g/mol. The Morgan fingerprint density at radius 1 is 1.36 bits per heavy atom. The van der Waals surface area contributed by atoms with Crippen molar-refractivity contribution >= 4 is 45.1 Å². The van der Waals surface area contributed by atoms with E-state index >= 15 is 0 Å². The highest BCUT2D eigenvalue weighted by atomic mass is 79.9. The number of rotatable bonds is 4. The molecule has 28 heavy (non-hydrogen) atoms. The minimum atomic E-state index is -0.186. The van der Waals surface area contributed by atoms with Crippen LogP contribution >= 0.6 is 27.7 Å². The number of carbonyl (C=O) groups is 2. The third-order valence-corrected chi connectivity index (χ3v) is 6.16. The molecule has 2 aromatic rings. The Kier molecular flexibility index (Phi) is 5.92. The van der Waals surface area contributed by atoms with Gasteiger partial charge in [0.1, 0.15) is 11.1 Å². The van der Waals surface area contributed by atoms with E-state index in [0.29, 0.717) is 40.4 Å². The quantitative estimate of drug-likeness (QED) is 0.659. The minimum absolute atomic E-state index is 0.0220. The van der Waals surface area contributed by atoms with Crippen LogP contribution in [0, 0.1) is 23.7 Å². The molecule has 1 aromatic heterocycles.